The minimum Gasteiger partial charge on any atom is -0.478 e. The molecule has 2 aromatic rings. The number of nitrogens with one attached hydrogen (secondary N) is 2. The van der Waals surface area contributed by atoms with Gasteiger partial charge in [-0.05, 0) is 31.5 Å². The van der Waals surface area contributed by atoms with Crippen molar-refractivity contribution in [3.8, 4) is 5.88 Å². The summed E-state index contributed by atoms with van der Waals surface area (Å²) >= 11 is 0. The van der Waals surface area contributed by atoms with Gasteiger partial charge in [-0.2, -0.15) is 0 Å². The van der Waals surface area contributed by atoms with Gasteiger partial charge in [-0.1, -0.05) is 24.3 Å². The Bertz CT molecular complexity index is 614. The van der Waals surface area contributed by atoms with Crippen LogP contribution in [-0.4, -0.2) is 17.6 Å². The highest BCUT2D eigenvalue weighted by molar-refractivity contribution is 5.89. The Kier molecular flexibility index (Phi) is 5.15. The van der Waals surface area contributed by atoms with Gasteiger partial charge in [0.25, 0.3) is 0 Å². The van der Waals surface area contributed by atoms with Gasteiger partial charge in [0.2, 0.25) is 5.88 Å². The molecule has 2 N–H and O–H groups in total. The lowest BCUT2D eigenvalue weighted by Gasteiger charge is -2.11. The van der Waals surface area contributed by atoms with Crippen molar-refractivity contribution in [2.75, 3.05) is 11.9 Å². The fraction of sp³-hybridized carbons (Fsp3) is 0.250. The second-order valence-corrected chi connectivity index (χ2v) is 4.52. The molecule has 0 radical (unpaired) electrons. The van der Waals surface area contributed by atoms with Gasteiger partial charge in [-0.25, -0.2) is 9.78 Å². The summed E-state index contributed by atoms with van der Waals surface area (Å²) in [4.78, 5) is 16.1. The first-order valence-electron chi connectivity index (χ1n) is 6.88. The average Bonchev–Trinajstić information content (AvgIpc) is 2.49. The molecular weight excluding hydrogens is 266 g/mol. The highest BCUT2D eigenvalue weighted by atomic mass is 16.5. The van der Waals surface area contributed by atoms with Crippen molar-refractivity contribution in [1.82, 2.24) is 10.3 Å². The maximum absolute atomic E-state index is 11.9. The van der Waals surface area contributed by atoms with Gasteiger partial charge in [-0.3, -0.25) is 0 Å². The molecule has 0 spiro atoms. The Labute approximate surface area is 124 Å². The second kappa shape index (κ2) is 7.28. The lowest BCUT2D eigenvalue weighted by Crippen LogP contribution is -2.28. The number of hydrogen-bond donors (Lipinski definition) is 2. The third-order valence-electron chi connectivity index (χ3n) is 2.96. The van der Waals surface area contributed by atoms with E-state index >= 15 is 0 Å². The first kappa shape index (κ1) is 14.8. The van der Waals surface area contributed by atoms with Crippen LogP contribution >= 0.6 is 0 Å². The van der Waals surface area contributed by atoms with E-state index in [1.807, 2.05) is 50.2 Å². The number of carbonyl (C=O) groups is 1. The topological polar surface area (TPSA) is 63.2 Å². The quantitative estimate of drug-likeness (QED) is 0.887. The molecule has 0 fully saturated rings. The van der Waals surface area contributed by atoms with Crippen molar-refractivity contribution in [3.05, 3.63) is 53.7 Å². The van der Waals surface area contributed by atoms with Crippen LogP contribution in [0, 0.1) is 6.92 Å². The lowest BCUT2D eigenvalue weighted by molar-refractivity contribution is 0.251. The van der Waals surface area contributed by atoms with Gasteiger partial charge in [0.1, 0.15) is 0 Å². The van der Waals surface area contributed by atoms with Crippen molar-refractivity contribution in [1.29, 1.82) is 0 Å². The van der Waals surface area contributed by atoms with E-state index in [1.54, 1.807) is 6.20 Å². The zero-order valence-corrected chi connectivity index (χ0v) is 12.2. The van der Waals surface area contributed by atoms with E-state index in [0.29, 0.717) is 19.0 Å². The number of nitrogens with zero attached hydrogens (tertiary/aromatic N) is 1. The molecule has 0 aliphatic carbocycles. The standard InChI is InChI=1S/C16H19N3O2/c1-3-21-15-13(8-6-10-17-15)11-18-16(20)19-14-9-5-4-7-12(14)2/h4-10H,3,11H2,1-2H3,(H2,18,19,20). The molecule has 0 atom stereocenters. The van der Waals surface area contributed by atoms with Crippen molar-refractivity contribution in [2.45, 2.75) is 20.4 Å². The van der Waals surface area contributed by atoms with Crippen molar-refractivity contribution < 1.29 is 9.53 Å². The number of anilines is 1. The van der Waals surface area contributed by atoms with Gasteiger partial charge in [-0.15, -0.1) is 0 Å². The summed E-state index contributed by atoms with van der Waals surface area (Å²) in [5, 5.41) is 5.62. The van der Waals surface area contributed by atoms with E-state index in [0.717, 1.165) is 16.8 Å². The molecule has 0 aliphatic rings. The normalized spacial score (nSPS) is 10.0. The van der Waals surface area contributed by atoms with Gasteiger partial charge in [0, 0.05) is 24.0 Å². The van der Waals surface area contributed by atoms with E-state index in [2.05, 4.69) is 15.6 Å². The number of benzene rings is 1. The fourth-order valence-corrected chi connectivity index (χ4v) is 1.88. The number of pyridine rings is 1. The number of aryl methyl sites for hydroxylation is 1. The number of urea groups is 1. The molecule has 2 amide bonds. The highest BCUT2D eigenvalue weighted by Gasteiger charge is 2.07. The molecule has 0 unspecified atom stereocenters. The van der Waals surface area contributed by atoms with Crippen molar-refractivity contribution in [3.63, 3.8) is 0 Å². The maximum Gasteiger partial charge on any atom is 0.319 e. The minimum absolute atomic E-state index is 0.254. The second-order valence-electron chi connectivity index (χ2n) is 4.52. The van der Waals surface area contributed by atoms with E-state index < -0.39 is 0 Å². The zero-order chi connectivity index (χ0) is 15.1. The van der Waals surface area contributed by atoms with Gasteiger partial charge >= 0.3 is 6.03 Å². The Morgan fingerprint density at radius 1 is 1.24 bits per heavy atom. The van der Waals surface area contributed by atoms with E-state index in [-0.39, 0.29) is 6.03 Å². The Morgan fingerprint density at radius 3 is 2.81 bits per heavy atom. The Morgan fingerprint density at radius 2 is 2.05 bits per heavy atom. The van der Waals surface area contributed by atoms with E-state index in [4.69, 9.17) is 4.74 Å². The third kappa shape index (κ3) is 4.21. The summed E-state index contributed by atoms with van der Waals surface area (Å²) in [6.45, 7) is 4.75. The van der Waals surface area contributed by atoms with Crippen LogP contribution in [0.15, 0.2) is 42.6 Å². The molecule has 0 saturated heterocycles. The van der Waals surface area contributed by atoms with Crippen LogP contribution in [0.5, 0.6) is 5.88 Å². The molecule has 0 bridgehead atoms. The molecule has 21 heavy (non-hydrogen) atoms. The predicted octanol–water partition coefficient (Wildman–Crippen LogP) is 3.11. The third-order valence-corrected chi connectivity index (χ3v) is 2.96. The summed E-state index contributed by atoms with van der Waals surface area (Å²) in [6, 6.07) is 11.1. The summed E-state index contributed by atoms with van der Waals surface area (Å²) < 4.78 is 5.42. The lowest BCUT2D eigenvalue weighted by atomic mass is 10.2. The van der Waals surface area contributed by atoms with Crippen LogP contribution in [0.1, 0.15) is 18.1 Å². The number of ether oxygens (including phenoxy) is 1. The molecule has 1 aromatic carbocycles. The monoisotopic (exact) mass is 285 g/mol. The van der Waals surface area contributed by atoms with E-state index in [1.165, 1.54) is 0 Å². The number of aromatic nitrogens is 1. The first-order valence-corrected chi connectivity index (χ1v) is 6.88. The van der Waals surface area contributed by atoms with Gasteiger partial charge in [0.05, 0.1) is 6.61 Å². The summed E-state index contributed by atoms with van der Waals surface area (Å²) in [6.07, 6.45) is 1.67. The van der Waals surface area contributed by atoms with Crippen LogP contribution in [0.2, 0.25) is 0 Å². The number of carbonyl (C=O) groups excluding carboxylic acids is 1. The largest absolute Gasteiger partial charge is 0.478 e. The smallest absolute Gasteiger partial charge is 0.319 e. The van der Waals surface area contributed by atoms with Gasteiger partial charge in [0.15, 0.2) is 0 Å². The fourth-order valence-electron chi connectivity index (χ4n) is 1.88. The van der Waals surface area contributed by atoms with Crippen LogP contribution < -0.4 is 15.4 Å². The number of rotatable bonds is 5. The maximum atomic E-state index is 11.9. The molecule has 1 heterocycles. The Balaban J connectivity index is 1.94. The predicted molar refractivity (Wildman–Crippen MR) is 82.4 cm³/mol. The zero-order valence-electron chi connectivity index (χ0n) is 12.2. The molecule has 2 rings (SSSR count). The number of para-hydroxylation sites is 1. The number of amides is 2. The summed E-state index contributed by atoms with van der Waals surface area (Å²) in [5.74, 6) is 0.552. The van der Waals surface area contributed by atoms with Crippen molar-refractivity contribution in [2.24, 2.45) is 0 Å². The molecule has 5 nitrogen and oxygen atoms in total. The number of hydrogen-bond acceptors (Lipinski definition) is 3. The summed E-state index contributed by atoms with van der Waals surface area (Å²) in [7, 11) is 0. The SMILES string of the molecule is CCOc1ncccc1CNC(=O)Nc1ccccc1C. The van der Waals surface area contributed by atoms with Crippen LogP contribution in [-0.2, 0) is 6.54 Å². The highest BCUT2D eigenvalue weighted by Crippen LogP contribution is 2.15. The molecule has 5 heteroatoms. The molecule has 0 aliphatic heterocycles. The molecule has 0 saturated carbocycles. The van der Waals surface area contributed by atoms with Crippen LogP contribution in [0.4, 0.5) is 10.5 Å². The van der Waals surface area contributed by atoms with Crippen LogP contribution in [0.3, 0.4) is 0 Å². The molecular formula is C16H19N3O2. The van der Waals surface area contributed by atoms with E-state index in [9.17, 15) is 4.79 Å². The summed E-state index contributed by atoms with van der Waals surface area (Å²) in [5.41, 5.74) is 2.66. The van der Waals surface area contributed by atoms with Gasteiger partial charge < -0.3 is 15.4 Å². The van der Waals surface area contributed by atoms with Crippen molar-refractivity contribution >= 4 is 11.7 Å². The molecule has 1 aromatic heterocycles. The Hall–Kier alpha value is -2.56. The van der Waals surface area contributed by atoms with Crippen LogP contribution in [0.25, 0.3) is 0 Å². The first-order chi connectivity index (χ1) is 10.2. The average molecular weight is 285 g/mol. The molecule has 110 valence electrons. The minimum atomic E-state index is -0.254.